The maximum absolute atomic E-state index is 12.0. The molecule has 0 aliphatic carbocycles. The molecule has 0 unspecified atom stereocenters. The molecule has 18 heavy (non-hydrogen) atoms. The number of nitrogens with one attached hydrogen (secondary N) is 1. The van der Waals surface area contributed by atoms with Gasteiger partial charge in [-0.2, -0.15) is 0 Å². The van der Waals surface area contributed by atoms with Gasteiger partial charge in [0.05, 0.1) is 0 Å². The van der Waals surface area contributed by atoms with E-state index in [9.17, 15) is 4.79 Å². The molecule has 0 radical (unpaired) electrons. The summed E-state index contributed by atoms with van der Waals surface area (Å²) in [6.45, 7) is 10.9. The minimum absolute atomic E-state index is 0.0449. The van der Waals surface area contributed by atoms with E-state index in [4.69, 9.17) is 5.73 Å². The summed E-state index contributed by atoms with van der Waals surface area (Å²) in [7, 11) is 0. The monoisotopic (exact) mass is 250 g/mol. The Labute approximate surface area is 108 Å². The van der Waals surface area contributed by atoms with Crippen LogP contribution in [-0.2, 0) is 0 Å². The van der Waals surface area contributed by atoms with Gasteiger partial charge in [0, 0.05) is 12.2 Å². The molecule has 1 aromatic heterocycles. The second kappa shape index (κ2) is 5.33. The van der Waals surface area contributed by atoms with Crippen molar-refractivity contribution in [2.75, 3.05) is 12.3 Å². The van der Waals surface area contributed by atoms with Crippen molar-refractivity contribution in [3.05, 3.63) is 17.5 Å². The Morgan fingerprint density at radius 1 is 1.44 bits per heavy atom. The van der Waals surface area contributed by atoms with Crippen molar-refractivity contribution in [3.8, 4) is 0 Å². The van der Waals surface area contributed by atoms with Crippen LogP contribution in [-0.4, -0.2) is 22.4 Å². The molecule has 5 nitrogen and oxygen atoms in total. The molecule has 0 fully saturated rings. The molecular weight excluding hydrogens is 228 g/mol. The Balaban J connectivity index is 2.72. The molecule has 0 atom stereocenters. The summed E-state index contributed by atoms with van der Waals surface area (Å²) in [6, 6.07) is 1.63. The average Bonchev–Trinajstić information content (AvgIpc) is 2.24. The van der Waals surface area contributed by atoms with Gasteiger partial charge in [-0.25, -0.2) is 9.97 Å². The van der Waals surface area contributed by atoms with Gasteiger partial charge in [-0.15, -0.1) is 0 Å². The first-order valence-corrected chi connectivity index (χ1v) is 6.12. The molecule has 0 aliphatic heterocycles. The number of amides is 1. The fourth-order valence-electron chi connectivity index (χ4n) is 1.31. The van der Waals surface area contributed by atoms with E-state index in [2.05, 4.69) is 43.0 Å². The van der Waals surface area contributed by atoms with E-state index in [1.807, 2.05) is 0 Å². The third-order valence-corrected chi connectivity index (χ3v) is 3.37. The smallest absolute Gasteiger partial charge is 0.270 e. The number of hydrogen-bond acceptors (Lipinski definition) is 4. The SMILES string of the molecule is Cc1cc(C(=O)NCC(C)(C)C(C)C)nc(N)n1. The molecule has 0 bridgehead atoms. The van der Waals surface area contributed by atoms with Gasteiger partial charge < -0.3 is 11.1 Å². The summed E-state index contributed by atoms with van der Waals surface area (Å²) in [4.78, 5) is 19.8. The van der Waals surface area contributed by atoms with Crippen LogP contribution in [0.1, 0.15) is 43.9 Å². The third kappa shape index (κ3) is 3.68. The molecule has 1 amide bonds. The fraction of sp³-hybridized carbons (Fsp3) is 0.615. The number of anilines is 1. The van der Waals surface area contributed by atoms with E-state index in [0.29, 0.717) is 23.9 Å². The predicted octanol–water partition coefficient (Wildman–Crippen LogP) is 1.78. The minimum Gasteiger partial charge on any atom is -0.368 e. The van der Waals surface area contributed by atoms with Crippen molar-refractivity contribution in [1.29, 1.82) is 0 Å². The van der Waals surface area contributed by atoms with Crippen LogP contribution in [0.3, 0.4) is 0 Å². The van der Waals surface area contributed by atoms with Crippen LogP contribution >= 0.6 is 0 Å². The van der Waals surface area contributed by atoms with Gasteiger partial charge in [0.25, 0.3) is 5.91 Å². The quantitative estimate of drug-likeness (QED) is 0.853. The van der Waals surface area contributed by atoms with Crippen LogP contribution in [0, 0.1) is 18.3 Å². The number of rotatable bonds is 4. The first kappa shape index (κ1) is 14.4. The molecule has 0 aromatic carbocycles. The lowest BCUT2D eigenvalue weighted by atomic mass is 9.81. The highest BCUT2D eigenvalue weighted by molar-refractivity contribution is 5.92. The molecule has 0 saturated heterocycles. The number of carbonyl (C=O) groups is 1. The van der Waals surface area contributed by atoms with Crippen molar-refractivity contribution < 1.29 is 4.79 Å². The number of aromatic nitrogens is 2. The minimum atomic E-state index is -0.207. The molecule has 0 saturated carbocycles. The van der Waals surface area contributed by atoms with Gasteiger partial charge in [0.1, 0.15) is 5.69 Å². The van der Waals surface area contributed by atoms with E-state index < -0.39 is 0 Å². The van der Waals surface area contributed by atoms with Gasteiger partial charge in [0.15, 0.2) is 0 Å². The lowest BCUT2D eigenvalue weighted by Gasteiger charge is -2.29. The van der Waals surface area contributed by atoms with Gasteiger partial charge >= 0.3 is 0 Å². The normalized spacial score (nSPS) is 11.7. The molecule has 0 aliphatic rings. The van der Waals surface area contributed by atoms with E-state index in [0.717, 1.165) is 0 Å². The molecular formula is C13H22N4O. The van der Waals surface area contributed by atoms with Crippen molar-refractivity contribution in [2.45, 2.75) is 34.6 Å². The molecule has 100 valence electrons. The predicted molar refractivity (Wildman–Crippen MR) is 72.1 cm³/mol. The average molecular weight is 250 g/mol. The molecule has 1 aromatic rings. The number of nitrogens with zero attached hydrogens (tertiary/aromatic N) is 2. The van der Waals surface area contributed by atoms with Crippen LogP contribution in [0.15, 0.2) is 6.07 Å². The largest absolute Gasteiger partial charge is 0.368 e. The van der Waals surface area contributed by atoms with Crippen molar-refractivity contribution >= 4 is 11.9 Å². The Bertz CT molecular complexity index is 420. The molecule has 5 heteroatoms. The lowest BCUT2D eigenvalue weighted by molar-refractivity contribution is 0.0919. The second-order valence-electron chi connectivity index (χ2n) is 5.58. The highest BCUT2D eigenvalue weighted by Crippen LogP contribution is 2.24. The zero-order chi connectivity index (χ0) is 13.9. The summed E-state index contributed by atoms with van der Waals surface area (Å²) in [5, 5.41) is 2.89. The maximum atomic E-state index is 12.0. The summed E-state index contributed by atoms with van der Waals surface area (Å²) >= 11 is 0. The number of hydrogen-bond donors (Lipinski definition) is 2. The molecule has 1 heterocycles. The van der Waals surface area contributed by atoms with Crippen LogP contribution in [0.2, 0.25) is 0 Å². The standard InChI is InChI=1S/C13H22N4O/c1-8(2)13(4,5)7-15-11(18)10-6-9(3)16-12(14)17-10/h6,8H,7H2,1-5H3,(H,15,18)(H2,14,16,17). The molecule has 1 rings (SSSR count). The van der Waals surface area contributed by atoms with E-state index in [-0.39, 0.29) is 17.3 Å². The summed E-state index contributed by atoms with van der Waals surface area (Å²) in [6.07, 6.45) is 0. The lowest BCUT2D eigenvalue weighted by Crippen LogP contribution is -2.37. The molecule has 0 spiro atoms. The number of aryl methyl sites for hydroxylation is 1. The Morgan fingerprint density at radius 2 is 2.06 bits per heavy atom. The first-order valence-electron chi connectivity index (χ1n) is 6.12. The highest BCUT2D eigenvalue weighted by Gasteiger charge is 2.23. The first-order chi connectivity index (χ1) is 8.22. The Morgan fingerprint density at radius 3 is 2.56 bits per heavy atom. The van der Waals surface area contributed by atoms with E-state index in [1.54, 1.807) is 13.0 Å². The van der Waals surface area contributed by atoms with Gasteiger partial charge in [0.2, 0.25) is 5.95 Å². The summed E-state index contributed by atoms with van der Waals surface area (Å²) in [5.74, 6) is 0.402. The van der Waals surface area contributed by atoms with Crippen LogP contribution in [0.4, 0.5) is 5.95 Å². The second-order valence-corrected chi connectivity index (χ2v) is 5.58. The van der Waals surface area contributed by atoms with Crippen molar-refractivity contribution in [1.82, 2.24) is 15.3 Å². The van der Waals surface area contributed by atoms with Gasteiger partial charge in [-0.3, -0.25) is 4.79 Å². The zero-order valence-electron chi connectivity index (χ0n) is 11.7. The van der Waals surface area contributed by atoms with E-state index in [1.165, 1.54) is 0 Å². The number of carbonyl (C=O) groups excluding carboxylic acids is 1. The summed E-state index contributed by atoms with van der Waals surface area (Å²) in [5.41, 5.74) is 6.58. The maximum Gasteiger partial charge on any atom is 0.270 e. The van der Waals surface area contributed by atoms with Crippen LogP contribution in [0.5, 0.6) is 0 Å². The topological polar surface area (TPSA) is 80.9 Å². The molecule has 3 N–H and O–H groups in total. The zero-order valence-corrected chi connectivity index (χ0v) is 11.7. The van der Waals surface area contributed by atoms with Crippen molar-refractivity contribution in [2.24, 2.45) is 11.3 Å². The van der Waals surface area contributed by atoms with Crippen LogP contribution < -0.4 is 11.1 Å². The Hall–Kier alpha value is -1.65. The Kier molecular flexibility index (Phi) is 4.27. The van der Waals surface area contributed by atoms with E-state index >= 15 is 0 Å². The third-order valence-electron chi connectivity index (χ3n) is 3.37. The van der Waals surface area contributed by atoms with Gasteiger partial charge in [-0.1, -0.05) is 27.7 Å². The number of nitrogen functional groups attached to an aromatic ring is 1. The van der Waals surface area contributed by atoms with Gasteiger partial charge in [-0.05, 0) is 24.3 Å². The number of nitrogens with two attached hydrogens (primary N) is 1. The van der Waals surface area contributed by atoms with Crippen LogP contribution in [0.25, 0.3) is 0 Å². The highest BCUT2D eigenvalue weighted by atomic mass is 16.1. The summed E-state index contributed by atoms with van der Waals surface area (Å²) < 4.78 is 0. The van der Waals surface area contributed by atoms with Crippen molar-refractivity contribution in [3.63, 3.8) is 0 Å². The fourth-order valence-corrected chi connectivity index (χ4v) is 1.31.